The highest BCUT2D eigenvalue weighted by Gasteiger charge is 2.19. The molecule has 0 aromatic carbocycles. The molecule has 0 aliphatic heterocycles. The van der Waals surface area contributed by atoms with Gasteiger partial charge in [0.05, 0.1) is 0 Å². The molecular formula is C23H51NO2Si. The van der Waals surface area contributed by atoms with E-state index in [2.05, 4.69) is 20.8 Å². The molecule has 0 bridgehead atoms. The largest absolute Gasteiger partial charge is 0.413 e. The first-order valence-electron chi connectivity index (χ1n) is 12.0. The molecule has 3 nitrogen and oxygen atoms in total. The lowest BCUT2D eigenvalue weighted by molar-refractivity contribution is 0.312. The van der Waals surface area contributed by atoms with Crippen molar-refractivity contribution in [2.75, 3.05) is 0 Å². The molecule has 0 rings (SSSR count). The maximum Gasteiger partial charge on any atom is 0.315 e. The zero-order chi connectivity index (χ0) is 20.4. The van der Waals surface area contributed by atoms with Crippen molar-refractivity contribution in [2.45, 2.75) is 142 Å². The summed E-state index contributed by atoms with van der Waals surface area (Å²) in [5.41, 5.74) is 6.11. The normalized spacial score (nSPS) is 13.4. The predicted molar refractivity (Wildman–Crippen MR) is 122 cm³/mol. The number of hydrogen-bond acceptors (Lipinski definition) is 3. The highest BCUT2D eigenvalue weighted by atomic mass is 28.3. The summed E-state index contributed by atoms with van der Waals surface area (Å²) in [6.45, 7) is 6.50. The fourth-order valence-electron chi connectivity index (χ4n) is 4.13. The zero-order valence-corrected chi connectivity index (χ0v) is 20.0. The van der Waals surface area contributed by atoms with Crippen LogP contribution in [0.4, 0.5) is 0 Å². The molecule has 27 heavy (non-hydrogen) atoms. The maximum absolute atomic E-state index is 9.17. The van der Waals surface area contributed by atoms with Crippen molar-refractivity contribution in [1.82, 2.24) is 0 Å². The Balaban J connectivity index is 3.58. The van der Waals surface area contributed by atoms with Gasteiger partial charge in [0.15, 0.2) is 0 Å². The van der Waals surface area contributed by atoms with Gasteiger partial charge in [-0.15, -0.1) is 0 Å². The van der Waals surface area contributed by atoms with Crippen LogP contribution in [0.25, 0.3) is 0 Å². The van der Waals surface area contributed by atoms with Gasteiger partial charge in [-0.3, -0.25) is 0 Å². The van der Waals surface area contributed by atoms with Crippen LogP contribution in [-0.4, -0.2) is 24.4 Å². The topological polar surface area (TPSA) is 66.5 Å². The monoisotopic (exact) mass is 401 g/mol. The Morgan fingerprint density at radius 2 is 1.11 bits per heavy atom. The first kappa shape index (κ1) is 27.1. The van der Waals surface area contributed by atoms with Crippen LogP contribution in [0.5, 0.6) is 0 Å². The molecule has 4 heteroatoms. The van der Waals surface area contributed by atoms with E-state index in [1.165, 1.54) is 89.9 Å². The van der Waals surface area contributed by atoms with Crippen molar-refractivity contribution in [3.8, 4) is 0 Å². The molecule has 1 atom stereocenters. The standard InChI is InChI=1S/C23H51NO2Si/c1-4-5-6-7-8-9-10-11-12-13-14-15-16-18-22(21-23(2,3)24)19-17-20-27(25)26/h22,25-27H,4-21,24H2,1-3H3. The Morgan fingerprint density at radius 3 is 1.52 bits per heavy atom. The molecule has 0 aromatic rings. The van der Waals surface area contributed by atoms with Crippen molar-refractivity contribution in [1.29, 1.82) is 0 Å². The highest BCUT2D eigenvalue weighted by Crippen LogP contribution is 2.25. The molecule has 0 spiro atoms. The Labute approximate surface area is 172 Å². The molecule has 0 fully saturated rings. The molecule has 0 aliphatic rings. The van der Waals surface area contributed by atoms with E-state index in [0.717, 1.165) is 19.3 Å². The summed E-state index contributed by atoms with van der Waals surface area (Å²) >= 11 is 0. The molecule has 164 valence electrons. The van der Waals surface area contributed by atoms with Crippen LogP contribution in [0.2, 0.25) is 6.04 Å². The van der Waals surface area contributed by atoms with E-state index in [4.69, 9.17) is 15.3 Å². The number of hydrogen-bond donors (Lipinski definition) is 3. The summed E-state index contributed by atoms with van der Waals surface area (Å²) in [4.78, 5) is 18.3. The average Bonchev–Trinajstić information content (AvgIpc) is 2.57. The molecule has 0 saturated heterocycles. The highest BCUT2D eigenvalue weighted by molar-refractivity contribution is 6.40. The molecule has 0 heterocycles. The molecular weight excluding hydrogens is 350 g/mol. The predicted octanol–water partition coefficient (Wildman–Crippen LogP) is 6.20. The lowest BCUT2D eigenvalue weighted by Gasteiger charge is -2.26. The Kier molecular flexibility index (Phi) is 18.2. The van der Waals surface area contributed by atoms with Crippen molar-refractivity contribution in [3.63, 3.8) is 0 Å². The Hall–Kier alpha value is 0.0969. The van der Waals surface area contributed by atoms with Crippen molar-refractivity contribution < 1.29 is 9.59 Å². The summed E-state index contributed by atoms with van der Waals surface area (Å²) in [5.74, 6) is 0.644. The van der Waals surface area contributed by atoms with Crippen LogP contribution in [0, 0.1) is 5.92 Å². The third-order valence-electron chi connectivity index (χ3n) is 5.61. The van der Waals surface area contributed by atoms with Crippen LogP contribution < -0.4 is 5.73 Å². The zero-order valence-electron chi connectivity index (χ0n) is 18.9. The van der Waals surface area contributed by atoms with Gasteiger partial charge in [0.1, 0.15) is 0 Å². The van der Waals surface area contributed by atoms with E-state index in [1.54, 1.807) is 0 Å². The summed E-state index contributed by atoms with van der Waals surface area (Å²) in [7, 11) is -2.38. The molecule has 0 aromatic heterocycles. The second-order valence-corrected chi connectivity index (χ2v) is 11.0. The fourth-order valence-corrected chi connectivity index (χ4v) is 4.73. The SMILES string of the molecule is CCCCCCCCCCCCCCCC(CCC[SiH](O)O)CC(C)(C)N. The van der Waals surface area contributed by atoms with Gasteiger partial charge in [-0.1, -0.05) is 110 Å². The first-order chi connectivity index (χ1) is 12.8. The van der Waals surface area contributed by atoms with Gasteiger partial charge in [-0.2, -0.15) is 0 Å². The van der Waals surface area contributed by atoms with Gasteiger partial charge in [-0.25, -0.2) is 0 Å². The smallest absolute Gasteiger partial charge is 0.315 e. The number of rotatable bonds is 20. The lowest BCUT2D eigenvalue weighted by Crippen LogP contribution is -2.34. The second kappa shape index (κ2) is 18.1. The van der Waals surface area contributed by atoms with E-state index >= 15 is 0 Å². The van der Waals surface area contributed by atoms with Gasteiger partial charge in [-0.05, 0) is 32.2 Å². The summed E-state index contributed by atoms with van der Waals surface area (Å²) in [5, 5.41) is 0. The van der Waals surface area contributed by atoms with Crippen LogP contribution in [0.1, 0.15) is 130 Å². The van der Waals surface area contributed by atoms with Gasteiger partial charge < -0.3 is 15.3 Å². The van der Waals surface area contributed by atoms with Crippen LogP contribution >= 0.6 is 0 Å². The second-order valence-electron chi connectivity index (χ2n) is 9.50. The minimum absolute atomic E-state index is 0.115. The molecule has 4 N–H and O–H groups in total. The van der Waals surface area contributed by atoms with Gasteiger partial charge in [0.25, 0.3) is 0 Å². The van der Waals surface area contributed by atoms with Crippen molar-refractivity contribution in [3.05, 3.63) is 0 Å². The van der Waals surface area contributed by atoms with E-state index in [9.17, 15) is 0 Å². The number of nitrogens with two attached hydrogens (primary N) is 1. The molecule has 1 unspecified atom stereocenters. The molecule has 0 amide bonds. The van der Waals surface area contributed by atoms with Gasteiger partial charge >= 0.3 is 9.28 Å². The van der Waals surface area contributed by atoms with Crippen LogP contribution in [0.3, 0.4) is 0 Å². The van der Waals surface area contributed by atoms with E-state index < -0.39 is 9.28 Å². The van der Waals surface area contributed by atoms with Gasteiger partial charge in [0, 0.05) is 5.54 Å². The lowest BCUT2D eigenvalue weighted by atomic mass is 9.85. The third kappa shape index (κ3) is 22.3. The van der Waals surface area contributed by atoms with Crippen molar-refractivity contribution in [2.24, 2.45) is 11.7 Å². The van der Waals surface area contributed by atoms with Crippen LogP contribution in [-0.2, 0) is 0 Å². The molecule has 0 radical (unpaired) electrons. The quantitative estimate of drug-likeness (QED) is 0.168. The Morgan fingerprint density at radius 1 is 0.704 bits per heavy atom. The molecule has 0 saturated carbocycles. The Bertz CT molecular complexity index is 305. The minimum Gasteiger partial charge on any atom is -0.413 e. The van der Waals surface area contributed by atoms with Crippen molar-refractivity contribution >= 4 is 9.28 Å². The summed E-state index contributed by atoms with van der Waals surface area (Å²) < 4.78 is 0. The average molecular weight is 402 g/mol. The van der Waals surface area contributed by atoms with Gasteiger partial charge in [0.2, 0.25) is 0 Å². The maximum atomic E-state index is 9.17. The summed E-state index contributed by atoms with van der Waals surface area (Å²) in [6.07, 6.45) is 22.5. The third-order valence-corrected chi connectivity index (χ3v) is 6.53. The first-order valence-corrected chi connectivity index (χ1v) is 13.8. The summed E-state index contributed by atoms with van der Waals surface area (Å²) in [6, 6.07) is 0.625. The fraction of sp³-hybridized carbons (Fsp3) is 1.00. The van der Waals surface area contributed by atoms with E-state index in [-0.39, 0.29) is 5.54 Å². The molecule has 0 aliphatic carbocycles. The van der Waals surface area contributed by atoms with Crippen LogP contribution in [0.15, 0.2) is 0 Å². The van der Waals surface area contributed by atoms with E-state index in [1.807, 2.05) is 0 Å². The van der Waals surface area contributed by atoms with E-state index in [0.29, 0.717) is 12.0 Å². The minimum atomic E-state index is -2.38. The number of unbranched alkanes of at least 4 members (excludes halogenated alkanes) is 12.